The molecule has 0 aliphatic heterocycles. The minimum Gasteiger partial charge on any atom is -0.370 e. The fourth-order valence-electron chi connectivity index (χ4n) is 2.83. The van der Waals surface area contributed by atoms with Crippen molar-refractivity contribution in [2.75, 3.05) is 25.4 Å². The topological polar surface area (TPSA) is 166 Å². The average molecular weight is 432 g/mol. The van der Waals surface area contributed by atoms with E-state index in [0.717, 1.165) is 16.7 Å². The molecule has 8 N–H and O–H groups in total. The Kier molecular flexibility index (Phi) is 8.63. The zero-order chi connectivity index (χ0) is 22.0. The van der Waals surface area contributed by atoms with Gasteiger partial charge in [-0.2, -0.15) is 4.31 Å². The van der Waals surface area contributed by atoms with Crippen LogP contribution in [-0.2, 0) is 16.6 Å². The molecule has 30 heavy (non-hydrogen) atoms. The quantitative estimate of drug-likeness (QED) is 0.228. The summed E-state index contributed by atoms with van der Waals surface area (Å²) >= 11 is 0. The standard InChI is InChI=1S/C20H29N7O2S/c21-19(22)25-11-4-14-30(28,29)27(13-12-26-20(23)24)15-16-7-9-18(10-8-16)17-5-2-1-3-6-17/h1-3,5-10H,4,11-15H2,(H4,21,22,25)(H4,23,24,26). The first-order chi connectivity index (χ1) is 14.3. The molecule has 0 aliphatic carbocycles. The van der Waals surface area contributed by atoms with Gasteiger partial charge in [-0.25, -0.2) is 8.42 Å². The van der Waals surface area contributed by atoms with Crippen LogP contribution >= 0.6 is 0 Å². The number of sulfonamides is 1. The molecule has 0 atom stereocenters. The fraction of sp³-hybridized carbons (Fsp3) is 0.300. The zero-order valence-electron chi connectivity index (χ0n) is 16.8. The van der Waals surface area contributed by atoms with E-state index in [0.29, 0.717) is 6.42 Å². The minimum absolute atomic E-state index is 0.0597. The lowest BCUT2D eigenvalue weighted by Crippen LogP contribution is -2.35. The summed E-state index contributed by atoms with van der Waals surface area (Å²) in [5.74, 6) is -0.212. The molecule has 2 aromatic carbocycles. The second-order valence-electron chi connectivity index (χ2n) is 6.68. The molecule has 0 saturated carbocycles. The Labute approximate surface area is 177 Å². The lowest BCUT2D eigenvalue weighted by Gasteiger charge is -2.21. The van der Waals surface area contributed by atoms with Gasteiger partial charge in [-0.3, -0.25) is 9.98 Å². The highest BCUT2D eigenvalue weighted by Gasteiger charge is 2.21. The molecule has 10 heteroatoms. The number of guanidine groups is 2. The van der Waals surface area contributed by atoms with E-state index in [1.807, 2.05) is 54.6 Å². The number of rotatable bonds is 11. The van der Waals surface area contributed by atoms with Crippen LogP contribution in [-0.4, -0.2) is 50.0 Å². The molecule has 0 bridgehead atoms. The molecule has 0 unspecified atom stereocenters. The molecule has 0 aliphatic rings. The van der Waals surface area contributed by atoms with Gasteiger partial charge in [0, 0.05) is 19.6 Å². The van der Waals surface area contributed by atoms with Gasteiger partial charge in [0.25, 0.3) is 0 Å². The first kappa shape index (κ1) is 23.2. The number of aliphatic imine (C=N–C) groups is 2. The van der Waals surface area contributed by atoms with Crippen LogP contribution in [0.5, 0.6) is 0 Å². The Hall–Kier alpha value is -3.11. The molecule has 0 saturated heterocycles. The van der Waals surface area contributed by atoms with Gasteiger partial charge in [-0.05, 0) is 23.1 Å². The SMILES string of the molecule is NC(N)=NCCCS(=O)(=O)N(CCN=C(N)N)Cc1ccc(-c2ccccc2)cc1. The summed E-state index contributed by atoms with van der Waals surface area (Å²) in [5.41, 5.74) is 24.3. The number of benzene rings is 2. The van der Waals surface area contributed by atoms with Gasteiger partial charge >= 0.3 is 0 Å². The van der Waals surface area contributed by atoms with Crippen LogP contribution < -0.4 is 22.9 Å². The summed E-state index contributed by atoms with van der Waals surface area (Å²) in [6, 6.07) is 17.8. The third-order valence-corrected chi connectivity index (χ3v) is 6.21. The van der Waals surface area contributed by atoms with Crippen molar-refractivity contribution in [3.05, 3.63) is 60.2 Å². The molecule has 0 heterocycles. The van der Waals surface area contributed by atoms with Crippen LogP contribution in [0.1, 0.15) is 12.0 Å². The van der Waals surface area contributed by atoms with E-state index >= 15 is 0 Å². The zero-order valence-corrected chi connectivity index (χ0v) is 17.6. The van der Waals surface area contributed by atoms with Crippen molar-refractivity contribution in [1.82, 2.24) is 4.31 Å². The molecule has 0 aromatic heterocycles. The van der Waals surface area contributed by atoms with E-state index in [9.17, 15) is 8.42 Å². The molecule has 0 amide bonds. The first-order valence-electron chi connectivity index (χ1n) is 9.51. The van der Waals surface area contributed by atoms with Gasteiger partial charge < -0.3 is 22.9 Å². The van der Waals surface area contributed by atoms with Gasteiger partial charge in [0.15, 0.2) is 11.9 Å². The summed E-state index contributed by atoms with van der Waals surface area (Å²) in [5, 5.41) is 0. The second kappa shape index (κ2) is 11.2. The summed E-state index contributed by atoms with van der Waals surface area (Å²) in [7, 11) is -3.55. The number of nitrogens with zero attached hydrogens (tertiary/aromatic N) is 3. The first-order valence-corrected chi connectivity index (χ1v) is 11.1. The number of nitrogens with two attached hydrogens (primary N) is 4. The molecule has 162 valence electrons. The van der Waals surface area contributed by atoms with Crippen LogP contribution in [0.2, 0.25) is 0 Å². The predicted octanol–water partition coefficient (Wildman–Crippen LogP) is 0.422. The maximum atomic E-state index is 12.8. The van der Waals surface area contributed by atoms with E-state index in [1.54, 1.807) is 0 Å². The highest BCUT2D eigenvalue weighted by Crippen LogP contribution is 2.20. The Morgan fingerprint density at radius 3 is 1.97 bits per heavy atom. The Balaban J connectivity index is 2.12. The predicted molar refractivity (Wildman–Crippen MR) is 122 cm³/mol. The van der Waals surface area contributed by atoms with Crippen LogP contribution in [0.4, 0.5) is 0 Å². The Morgan fingerprint density at radius 2 is 1.37 bits per heavy atom. The third kappa shape index (κ3) is 7.72. The van der Waals surface area contributed by atoms with Gasteiger partial charge in [0.05, 0.1) is 12.3 Å². The van der Waals surface area contributed by atoms with Crippen molar-refractivity contribution < 1.29 is 8.42 Å². The van der Waals surface area contributed by atoms with E-state index in [-0.39, 0.29) is 43.9 Å². The average Bonchev–Trinajstić information content (AvgIpc) is 2.71. The smallest absolute Gasteiger partial charge is 0.214 e. The lowest BCUT2D eigenvalue weighted by molar-refractivity contribution is 0.413. The summed E-state index contributed by atoms with van der Waals surface area (Å²) in [6.07, 6.45) is 0.311. The van der Waals surface area contributed by atoms with Gasteiger partial charge in [0.1, 0.15) is 0 Å². The summed E-state index contributed by atoms with van der Waals surface area (Å²) < 4.78 is 27.1. The van der Waals surface area contributed by atoms with Crippen molar-refractivity contribution in [2.24, 2.45) is 32.9 Å². The summed E-state index contributed by atoms with van der Waals surface area (Å²) in [4.78, 5) is 7.73. The van der Waals surface area contributed by atoms with Crippen molar-refractivity contribution in [2.45, 2.75) is 13.0 Å². The number of hydrogen-bond acceptors (Lipinski definition) is 4. The largest absolute Gasteiger partial charge is 0.370 e. The van der Waals surface area contributed by atoms with Crippen molar-refractivity contribution in [1.29, 1.82) is 0 Å². The lowest BCUT2D eigenvalue weighted by atomic mass is 10.0. The highest BCUT2D eigenvalue weighted by molar-refractivity contribution is 7.89. The van der Waals surface area contributed by atoms with Crippen LogP contribution in [0.15, 0.2) is 64.6 Å². The van der Waals surface area contributed by atoms with Gasteiger partial charge in [-0.1, -0.05) is 54.6 Å². The fourth-order valence-corrected chi connectivity index (χ4v) is 4.29. The monoisotopic (exact) mass is 431 g/mol. The molecular formula is C20H29N7O2S. The molecule has 0 spiro atoms. The molecule has 9 nitrogen and oxygen atoms in total. The van der Waals surface area contributed by atoms with Gasteiger partial charge in [-0.15, -0.1) is 0 Å². The van der Waals surface area contributed by atoms with Crippen molar-refractivity contribution in [3.8, 4) is 11.1 Å². The van der Waals surface area contributed by atoms with E-state index in [4.69, 9.17) is 22.9 Å². The van der Waals surface area contributed by atoms with Crippen LogP contribution in [0.25, 0.3) is 11.1 Å². The maximum absolute atomic E-state index is 12.8. The highest BCUT2D eigenvalue weighted by atomic mass is 32.2. The molecule has 2 aromatic rings. The van der Waals surface area contributed by atoms with Crippen molar-refractivity contribution >= 4 is 21.9 Å². The van der Waals surface area contributed by atoms with E-state index in [1.165, 1.54) is 4.31 Å². The van der Waals surface area contributed by atoms with E-state index < -0.39 is 10.0 Å². The third-order valence-electron chi connectivity index (χ3n) is 4.31. The molecular weight excluding hydrogens is 402 g/mol. The Bertz CT molecular complexity index is 950. The number of hydrogen-bond donors (Lipinski definition) is 4. The minimum atomic E-state index is -3.55. The maximum Gasteiger partial charge on any atom is 0.214 e. The van der Waals surface area contributed by atoms with Crippen molar-refractivity contribution in [3.63, 3.8) is 0 Å². The van der Waals surface area contributed by atoms with Gasteiger partial charge in [0.2, 0.25) is 10.0 Å². The summed E-state index contributed by atoms with van der Waals surface area (Å²) in [6.45, 7) is 0.815. The molecule has 0 radical (unpaired) electrons. The second-order valence-corrected chi connectivity index (χ2v) is 8.77. The van der Waals surface area contributed by atoms with Crippen LogP contribution in [0.3, 0.4) is 0 Å². The van der Waals surface area contributed by atoms with Crippen LogP contribution in [0, 0.1) is 0 Å². The van der Waals surface area contributed by atoms with E-state index in [2.05, 4.69) is 9.98 Å². The molecule has 2 rings (SSSR count). The molecule has 0 fully saturated rings. The Morgan fingerprint density at radius 1 is 0.800 bits per heavy atom. The normalized spacial score (nSPS) is 11.2.